The first-order chi connectivity index (χ1) is 11.7. The second-order valence-electron chi connectivity index (χ2n) is 5.25. The van der Waals surface area contributed by atoms with Crippen LogP contribution in [0.1, 0.15) is 29.8 Å². The van der Waals surface area contributed by atoms with Gasteiger partial charge in [-0.15, -0.1) is 12.3 Å². The highest BCUT2D eigenvalue weighted by Crippen LogP contribution is 2.33. The maximum Gasteiger partial charge on any atom is 0.336 e. The molecule has 3 heteroatoms. The molecule has 24 heavy (non-hydrogen) atoms. The lowest BCUT2D eigenvalue weighted by molar-refractivity contribution is -0.138. The molecule has 0 saturated heterocycles. The first kappa shape index (κ1) is 17.5. The quantitative estimate of drug-likeness (QED) is 0.435. The Labute approximate surface area is 142 Å². The standard InChI is InChI=1S/C21H20O3/c1-4-11-19(17-12-7-5-8-13-17)24-20(16(2)21(22)23-3)18-14-9-6-10-15-18/h1,5-10,12-15,19-20H,2,11H2,3H3. The zero-order valence-electron chi connectivity index (χ0n) is 13.6. The summed E-state index contributed by atoms with van der Waals surface area (Å²) in [6.07, 6.45) is 4.92. The molecule has 2 unspecified atom stereocenters. The molecule has 0 saturated carbocycles. The Morgan fingerprint density at radius 2 is 1.62 bits per heavy atom. The minimum Gasteiger partial charge on any atom is -0.466 e. The number of methoxy groups -OCH3 is 1. The van der Waals surface area contributed by atoms with Gasteiger partial charge in [-0.2, -0.15) is 0 Å². The molecule has 0 amide bonds. The zero-order chi connectivity index (χ0) is 17.4. The minimum absolute atomic E-state index is 0.238. The average Bonchev–Trinajstić information content (AvgIpc) is 2.65. The fraction of sp³-hybridized carbons (Fsp3) is 0.190. The van der Waals surface area contributed by atoms with Gasteiger partial charge in [-0.3, -0.25) is 0 Å². The monoisotopic (exact) mass is 320 g/mol. The van der Waals surface area contributed by atoms with Crippen LogP contribution in [-0.2, 0) is 14.3 Å². The van der Waals surface area contributed by atoms with E-state index in [9.17, 15) is 4.79 Å². The van der Waals surface area contributed by atoms with Gasteiger partial charge in [-0.25, -0.2) is 4.79 Å². The van der Waals surface area contributed by atoms with Crippen molar-refractivity contribution in [3.05, 3.63) is 83.9 Å². The van der Waals surface area contributed by atoms with E-state index in [4.69, 9.17) is 15.9 Å². The molecule has 0 N–H and O–H groups in total. The SMILES string of the molecule is C#CCC(OC(C(=C)C(=O)OC)c1ccccc1)c1ccccc1. The number of rotatable bonds is 7. The second kappa shape index (κ2) is 8.71. The Kier molecular flexibility index (Phi) is 6.36. The molecule has 0 aliphatic carbocycles. The van der Waals surface area contributed by atoms with Crippen LogP contribution in [0.4, 0.5) is 0 Å². The van der Waals surface area contributed by atoms with E-state index >= 15 is 0 Å². The Balaban J connectivity index is 2.34. The highest BCUT2D eigenvalue weighted by molar-refractivity contribution is 5.89. The summed E-state index contributed by atoms with van der Waals surface area (Å²) in [6.45, 7) is 3.86. The Bertz CT molecular complexity index is 714. The summed E-state index contributed by atoms with van der Waals surface area (Å²) in [5.41, 5.74) is 2.02. The Morgan fingerprint density at radius 3 is 2.12 bits per heavy atom. The number of ether oxygens (including phenoxy) is 2. The van der Waals surface area contributed by atoms with E-state index in [-0.39, 0.29) is 11.7 Å². The molecule has 0 radical (unpaired) electrons. The summed E-state index contributed by atoms with van der Waals surface area (Å²) < 4.78 is 11.0. The summed E-state index contributed by atoms with van der Waals surface area (Å²) in [5, 5.41) is 0. The predicted molar refractivity (Wildman–Crippen MR) is 94.1 cm³/mol. The van der Waals surface area contributed by atoms with Gasteiger partial charge >= 0.3 is 5.97 Å². The average molecular weight is 320 g/mol. The normalized spacial score (nSPS) is 12.7. The third-order valence-electron chi connectivity index (χ3n) is 3.64. The lowest BCUT2D eigenvalue weighted by atomic mass is 10.0. The van der Waals surface area contributed by atoms with Crippen LogP contribution in [0.3, 0.4) is 0 Å². The molecule has 2 atom stereocenters. The molecule has 0 heterocycles. The van der Waals surface area contributed by atoms with E-state index in [0.29, 0.717) is 6.42 Å². The van der Waals surface area contributed by atoms with Gasteiger partial charge in [0.1, 0.15) is 6.10 Å². The van der Waals surface area contributed by atoms with Gasteiger partial charge in [0, 0.05) is 6.42 Å². The topological polar surface area (TPSA) is 35.5 Å². The third kappa shape index (κ3) is 4.34. The van der Waals surface area contributed by atoms with Crippen molar-refractivity contribution in [2.75, 3.05) is 7.11 Å². The van der Waals surface area contributed by atoms with Gasteiger partial charge in [-0.1, -0.05) is 67.2 Å². The van der Waals surface area contributed by atoms with E-state index in [0.717, 1.165) is 11.1 Å². The number of carbonyl (C=O) groups is 1. The van der Waals surface area contributed by atoms with Crippen LogP contribution in [0.2, 0.25) is 0 Å². The summed E-state index contributed by atoms with van der Waals surface area (Å²) >= 11 is 0. The van der Waals surface area contributed by atoms with Crippen LogP contribution >= 0.6 is 0 Å². The second-order valence-corrected chi connectivity index (χ2v) is 5.25. The van der Waals surface area contributed by atoms with Crippen LogP contribution < -0.4 is 0 Å². The smallest absolute Gasteiger partial charge is 0.336 e. The predicted octanol–water partition coefficient (Wildman–Crippen LogP) is 4.24. The summed E-state index contributed by atoms with van der Waals surface area (Å²) in [7, 11) is 1.33. The fourth-order valence-corrected chi connectivity index (χ4v) is 2.41. The molecule has 3 nitrogen and oxygen atoms in total. The summed E-state index contributed by atoms with van der Waals surface area (Å²) in [4.78, 5) is 12.0. The number of esters is 1. The Hall–Kier alpha value is -2.83. The van der Waals surface area contributed by atoms with Crippen molar-refractivity contribution in [2.45, 2.75) is 18.6 Å². The van der Waals surface area contributed by atoms with E-state index in [2.05, 4.69) is 12.5 Å². The largest absolute Gasteiger partial charge is 0.466 e. The Morgan fingerprint density at radius 1 is 1.08 bits per heavy atom. The maximum atomic E-state index is 12.0. The molecule has 0 spiro atoms. The van der Waals surface area contributed by atoms with Crippen LogP contribution in [0, 0.1) is 12.3 Å². The summed E-state index contributed by atoms with van der Waals surface area (Å²) in [5.74, 6) is 2.13. The molecular formula is C21H20O3. The van der Waals surface area contributed by atoms with E-state index in [1.807, 2.05) is 60.7 Å². The molecule has 2 aromatic rings. The lowest BCUT2D eigenvalue weighted by Crippen LogP contribution is -2.18. The molecule has 2 aromatic carbocycles. The molecule has 2 rings (SSSR count). The van der Waals surface area contributed by atoms with Crippen molar-refractivity contribution >= 4 is 5.97 Å². The van der Waals surface area contributed by atoms with Gasteiger partial charge < -0.3 is 9.47 Å². The number of benzene rings is 2. The van der Waals surface area contributed by atoms with E-state index < -0.39 is 12.1 Å². The molecule has 0 fully saturated rings. The number of carbonyl (C=O) groups excluding carboxylic acids is 1. The van der Waals surface area contributed by atoms with Crippen molar-refractivity contribution in [2.24, 2.45) is 0 Å². The van der Waals surface area contributed by atoms with Gasteiger partial charge in [-0.05, 0) is 11.1 Å². The fourth-order valence-electron chi connectivity index (χ4n) is 2.41. The lowest BCUT2D eigenvalue weighted by Gasteiger charge is -2.25. The maximum absolute atomic E-state index is 12.0. The first-order valence-electron chi connectivity index (χ1n) is 7.63. The van der Waals surface area contributed by atoms with Crippen molar-refractivity contribution in [1.29, 1.82) is 0 Å². The van der Waals surface area contributed by atoms with Crippen LogP contribution in [0.25, 0.3) is 0 Å². The zero-order valence-corrected chi connectivity index (χ0v) is 13.6. The molecule has 0 bridgehead atoms. The van der Waals surface area contributed by atoms with Gasteiger partial charge in [0.05, 0.1) is 18.8 Å². The highest BCUT2D eigenvalue weighted by atomic mass is 16.5. The molecule has 0 aliphatic heterocycles. The molecular weight excluding hydrogens is 300 g/mol. The van der Waals surface area contributed by atoms with Crippen LogP contribution in [-0.4, -0.2) is 13.1 Å². The van der Waals surface area contributed by atoms with Crippen molar-refractivity contribution < 1.29 is 14.3 Å². The summed E-state index contributed by atoms with van der Waals surface area (Å²) in [6, 6.07) is 19.1. The van der Waals surface area contributed by atoms with Crippen LogP contribution in [0.5, 0.6) is 0 Å². The molecule has 122 valence electrons. The van der Waals surface area contributed by atoms with Crippen molar-refractivity contribution in [3.63, 3.8) is 0 Å². The molecule has 0 aromatic heterocycles. The van der Waals surface area contributed by atoms with Gasteiger partial charge in [0.2, 0.25) is 0 Å². The number of hydrogen-bond acceptors (Lipinski definition) is 3. The van der Waals surface area contributed by atoms with Crippen molar-refractivity contribution in [3.8, 4) is 12.3 Å². The van der Waals surface area contributed by atoms with Gasteiger partial charge in [0.15, 0.2) is 0 Å². The van der Waals surface area contributed by atoms with Crippen LogP contribution in [0.15, 0.2) is 72.8 Å². The van der Waals surface area contributed by atoms with E-state index in [1.54, 1.807) is 0 Å². The first-order valence-corrected chi connectivity index (χ1v) is 7.63. The van der Waals surface area contributed by atoms with Crippen molar-refractivity contribution in [1.82, 2.24) is 0 Å². The number of hydrogen-bond donors (Lipinski definition) is 0. The number of terminal acetylenes is 1. The third-order valence-corrected chi connectivity index (χ3v) is 3.64. The minimum atomic E-state index is -0.628. The highest BCUT2D eigenvalue weighted by Gasteiger charge is 2.26. The van der Waals surface area contributed by atoms with E-state index in [1.165, 1.54) is 7.11 Å². The molecule has 0 aliphatic rings. The van der Waals surface area contributed by atoms with Gasteiger partial charge in [0.25, 0.3) is 0 Å².